The zero-order valence-corrected chi connectivity index (χ0v) is 17.9. The summed E-state index contributed by atoms with van der Waals surface area (Å²) >= 11 is 1.31. The van der Waals surface area contributed by atoms with Crippen LogP contribution in [-0.2, 0) is 28.1 Å². The minimum Gasteiger partial charge on any atom is -0.378 e. The molecule has 0 radical (unpaired) electrons. The van der Waals surface area contributed by atoms with Crippen LogP contribution in [0.2, 0.25) is 0 Å². The Hall–Kier alpha value is -2.07. The van der Waals surface area contributed by atoms with Crippen molar-refractivity contribution < 1.29 is 13.2 Å². The van der Waals surface area contributed by atoms with E-state index in [1.165, 1.54) is 11.8 Å². The van der Waals surface area contributed by atoms with Crippen molar-refractivity contribution in [2.45, 2.75) is 18.0 Å². The lowest BCUT2D eigenvalue weighted by atomic mass is 10.1. The van der Waals surface area contributed by atoms with Crippen molar-refractivity contribution in [1.29, 1.82) is 0 Å². The summed E-state index contributed by atoms with van der Waals surface area (Å²) in [5, 5.41) is 11.8. The second kappa shape index (κ2) is 8.52. The smallest absolute Gasteiger partial charge is 0.234 e. The summed E-state index contributed by atoms with van der Waals surface area (Å²) in [5.41, 5.74) is 1.81. The fraction of sp³-hybridized carbons (Fsp3) is 0.500. The number of nitrogens with one attached hydrogen (secondary N) is 1. The second-order valence-corrected chi connectivity index (χ2v) is 10.4. The van der Waals surface area contributed by atoms with Crippen molar-refractivity contribution in [2.24, 2.45) is 13.0 Å². The molecule has 1 aromatic heterocycles. The number of benzene rings is 1. The molecule has 1 aromatic carbocycles. The summed E-state index contributed by atoms with van der Waals surface area (Å²) in [6.45, 7) is 0. The van der Waals surface area contributed by atoms with E-state index in [0.29, 0.717) is 18.0 Å². The summed E-state index contributed by atoms with van der Waals surface area (Å²) in [7, 11) is 2.87. The van der Waals surface area contributed by atoms with Gasteiger partial charge in [0.25, 0.3) is 0 Å². The number of thioether (sulfide) groups is 1. The predicted molar refractivity (Wildman–Crippen MR) is 112 cm³/mol. The Balaban J connectivity index is 1.52. The average Bonchev–Trinajstić information content (AvgIpc) is 3.16. The molecule has 8 nitrogen and oxygen atoms in total. The van der Waals surface area contributed by atoms with E-state index >= 15 is 0 Å². The van der Waals surface area contributed by atoms with Gasteiger partial charge in [0.05, 0.1) is 17.3 Å². The number of rotatable bonds is 7. The molecule has 1 amide bonds. The highest BCUT2D eigenvalue weighted by molar-refractivity contribution is 7.99. The van der Waals surface area contributed by atoms with Crippen LogP contribution in [0.1, 0.15) is 12.2 Å². The highest BCUT2D eigenvalue weighted by atomic mass is 32.2. The quantitative estimate of drug-likeness (QED) is 0.676. The van der Waals surface area contributed by atoms with E-state index in [2.05, 4.69) is 15.5 Å². The Morgan fingerprint density at radius 1 is 1.29 bits per heavy atom. The molecule has 10 heteroatoms. The van der Waals surface area contributed by atoms with Crippen molar-refractivity contribution in [3.05, 3.63) is 30.1 Å². The molecule has 1 atom stereocenters. The minimum absolute atomic E-state index is 0.0965. The van der Waals surface area contributed by atoms with E-state index in [0.717, 1.165) is 17.2 Å². The lowest BCUT2D eigenvalue weighted by Crippen LogP contribution is -2.15. The lowest BCUT2D eigenvalue weighted by molar-refractivity contribution is -0.113. The second-order valence-electron chi connectivity index (χ2n) is 7.21. The summed E-state index contributed by atoms with van der Waals surface area (Å²) in [5.74, 6) is 1.43. The molecule has 0 spiro atoms. The predicted octanol–water partition coefficient (Wildman–Crippen LogP) is 1.59. The van der Waals surface area contributed by atoms with Gasteiger partial charge in [0.2, 0.25) is 5.91 Å². The monoisotopic (exact) mass is 423 g/mol. The zero-order valence-electron chi connectivity index (χ0n) is 16.3. The number of nitrogens with zero attached hydrogens (tertiary/aromatic N) is 4. The number of hydrogen-bond donors (Lipinski definition) is 1. The van der Waals surface area contributed by atoms with Crippen LogP contribution in [0.4, 0.5) is 11.4 Å². The van der Waals surface area contributed by atoms with Gasteiger partial charge >= 0.3 is 0 Å². The van der Waals surface area contributed by atoms with Crippen LogP contribution in [0, 0.1) is 5.92 Å². The molecule has 1 saturated heterocycles. The Kier molecular flexibility index (Phi) is 6.29. The van der Waals surface area contributed by atoms with Gasteiger partial charge in [0, 0.05) is 38.9 Å². The zero-order chi connectivity index (χ0) is 20.3. The molecule has 28 heavy (non-hydrogen) atoms. The fourth-order valence-corrected chi connectivity index (χ4v) is 5.70. The summed E-state index contributed by atoms with van der Waals surface area (Å²) < 4.78 is 25.1. The van der Waals surface area contributed by atoms with Crippen molar-refractivity contribution in [3.8, 4) is 0 Å². The number of aromatic nitrogens is 3. The normalized spacial score (nSPS) is 18.2. The van der Waals surface area contributed by atoms with Gasteiger partial charge in [-0.05, 0) is 36.6 Å². The van der Waals surface area contributed by atoms with E-state index in [-0.39, 0.29) is 29.1 Å². The Morgan fingerprint density at radius 3 is 2.61 bits per heavy atom. The molecular formula is C18H25N5O3S2. The first kappa shape index (κ1) is 20.7. The van der Waals surface area contributed by atoms with Crippen molar-refractivity contribution in [1.82, 2.24) is 14.8 Å². The summed E-state index contributed by atoms with van der Waals surface area (Å²) in [6, 6.07) is 7.63. The molecule has 152 valence electrons. The summed E-state index contributed by atoms with van der Waals surface area (Å²) in [6.07, 6.45) is 1.26. The number of anilines is 2. The molecule has 1 aliphatic heterocycles. The van der Waals surface area contributed by atoms with E-state index in [1.54, 1.807) is 0 Å². The SMILES string of the molecule is CN(C)c1ccc(NC(=O)CSc2nnc(C[C@@H]3CCS(=O)(=O)C3)n2C)cc1. The molecule has 2 aromatic rings. The highest BCUT2D eigenvalue weighted by Gasteiger charge is 2.29. The van der Waals surface area contributed by atoms with Crippen LogP contribution in [0.5, 0.6) is 0 Å². The number of carbonyl (C=O) groups excluding carboxylic acids is 1. The molecule has 0 unspecified atom stereocenters. The maximum absolute atomic E-state index is 12.2. The fourth-order valence-electron chi connectivity index (χ4n) is 3.11. The van der Waals surface area contributed by atoms with E-state index in [4.69, 9.17) is 0 Å². The van der Waals surface area contributed by atoms with Crippen LogP contribution in [0.3, 0.4) is 0 Å². The Morgan fingerprint density at radius 2 is 2.00 bits per heavy atom. The van der Waals surface area contributed by atoms with Crippen molar-refractivity contribution in [3.63, 3.8) is 0 Å². The third kappa shape index (κ3) is 5.26. The van der Waals surface area contributed by atoms with Crippen LogP contribution in [0.15, 0.2) is 29.4 Å². The third-order valence-electron chi connectivity index (χ3n) is 4.72. The van der Waals surface area contributed by atoms with Gasteiger partial charge in [-0.1, -0.05) is 11.8 Å². The van der Waals surface area contributed by atoms with Gasteiger partial charge in [-0.2, -0.15) is 0 Å². The third-order valence-corrected chi connectivity index (χ3v) is 7.58. The van der Waals surface area contributed by atoms with Crippen LogP contribution < -0.4 is 10.2 Å². The molecule has 3 rings (SSSR count). The standard InChI is InChI=1S/C18H25N5O3S2/c1-22(2)15-6-4-14(5-7-15)19-17(24)11-27-18-21-20-16(23(18)3)10-13-8-9-28(25,26)12-13/h4-7,13H,8-12H2,1-3H3,(H,19,24)/t13-/m0/s1. The first-order valence-corrected chi connectivity index (χ1v) is 11.8. The van der Waals surface area contributed by atoms with Crippen LogP contribution >= 0.6 is 11.8 Å². The van der Waals surface area contributed by atoms with E-state index in [9.17, 15) is 13.2 Å². The number of sulfone groups is 1. The highest BCUT2D eigenvalue weighted by Crippen LogP contribution is 2.24. The summed E-state index contributed by atoms with van der Waals surface area (Å²) in [4.78, 5) is 14.2. The number of amides is 1. The van der Waals surface area contributed by atoms with Crippen LogP contribution in [0.25, 0.3) is 0 Å². The first-order valence-electron chi connectivity index (χ1n) is 9.02. The molecule has 0 aliphatic carbocycles. The van der Waals surface area contributed by atoms with Gasteiger partial charge < -0.3 is 14.8 Å². The van der Waals surface area contributed by atoms with Gasteiger partial charge in [-0.15, -0.1) is 10.2 Å². The van der Waals surface area contributed by atoms with Crippen molar-refractivity contribution >= 4 is 38.9 Å². The van der Waals surface area contributed by atoms with Crippen molar-refractivity contribution in [2.75, 3.05) is 41.6 Å². The molecule has 0 saturated carbocycles. The lowest BCUT2D eigenvalue weighted by Gasteiger charge is -2.13. The largest absolute Gasteiger partial charge is 0.378 e. The molecule has 2 heterocycles. The molecule has 1 aliphatic rings. The Bertz CT molecular complexity index is 939. The van der Waals surface area contributed by atoms with Gasteiger partial charge in [0.15, 0.2) is 15.0 Å². The number of hydrogen-bond acceptors (Lipinski definition) is 7. The maximum Gasteiger partial charge on any atom is 0.234 e. The van der Waals surface area contributed by atoms with Gasteiger partial charge in [0.1, 0.15) is 5.82 Å². The molecule has 0 bridgehead atoms. The van der Waals surface area contributed by atoms with Gasteiger partial charge in [-0.3, -0.25) is 4.79 Å². The maximum atomic E-state index is 12.2. The van der Waals surface area contributed by atoms with E-state index < -0.39 is 9.84 Å². The minimum atomic E-state index is -2.90. The van der Waals surface area contributed by atoms with E-state index in [1.807, 2.05) is 54.9 Å². The number of carbonyl (C=O) groups is 1. The average molecular weight is 424 g/mol. The topological polar surface area (TPSA) is 97.2 Å². The first-order chi connectivity index (χ1) is 13.2. The molecule has 1 fully saturated rings. The Labute approximate surface area is 169 Å². The molecule has 1 N–H and O–H groups in total. The van der Waals surface area contributed by atoms with Gasteiger partial charge in [-0.25, -0.2) is 8.42 Å². The van der Waals surface area contributed by atoms with Crippen LogP contribution in [-0.4, -0.2) is 60.4 Å². The molecular weight excluding hydrogens is 398 g/mol.